The highest BCUT2D eigenvalue weighted by Gasteiger charge is 2.63. The predicted molar refractivity (Wildman–Crippen MR) is 131 cm³/mol. The number of ether oxygens (including phenoxy) is 3. The zero-order valence-corrected chi connectivity index (χ0v) is 22.7. The van der Waals surface area contributed by atoms with Crippen LogP contribution in [0.4, 0.5) is 0 Å². The van der Waals surface area contributed by atoms with Gasteiger partial charge in [-0.1, -0.05) is 41.4 Å². The van der Waals surface area contributed by atoms with E-state index in [0.29, 0.717) is 30.6 Å². The second-order valence-corrected chi connectivity index (χ2v) is 11.9. The van der Waals surface area contributed by atoms with Crippen LogP contribution < -0.4 is 0 Å². The van der Waals surface area contributed by atoms with E-state index in [0.717, 1.165) is 32.1 Å². The lowest BCUT2D eigenvalue weighted by molar-refractivity contribution is -0.172. The summed E-state index contributed by atoms with van der Waals surface area (Å²) in [4.78, 5) is 48.6. The van der Waals surface area contributed by atoms with Crippen molar-refractivity contribution in [3.05, 3.63) is 11.6 Å². The molecule has 0 aromatic rings. The van der Waals surface area contributed by atoms with Crippen LogP contribution in [-0.4, -0.2) is 47.8 Å². The maximum atomic E-state index is 13.2. The Labute approximate surface area is 215 Å². The number of Topliss-reactive ketones (excluding diaryl/α,β-unsaturated/α-hetero) is 1. The van der Waals surface area contributed by atoms with Crippen molar-refractivity contribution in [1.82, 2.24) is 0 Å². The van der Waals surface area contributed by atoms with Crippen LogP contribution in [-0.2, 0) is 33.4 Å². The zero-order chi connectivity index (χ0) is 25.5. The molecule has 4 rings (SSSR count). The van der Waals surface area contributed by atoms with Gasteiger partial charge < -0.3 is 14.2 Å². The van der Waals surface area contributed by atoms with Crippen molar-refractivity contribution in [2.45, 2.75) is 84.8 Å². The number of rotatable bonds is 6. The Morgan fingerprint density at radius 1 is 1.03 bits per heavy atom. The van der Waals surface area contributed by atoms with E-state index in [4.69, 9.17) is 14.2 Å². The van der Waals surface area contributed by atoms with Crippen LogP contribution in [0.25, 0.3) is 0 Å². The van der Waals surface area contributed by atoms with Gasteiger partial charge in [0.05, 0.1) is 0 Å². The van der Waals surface area contributed by atoms with E-state index in [1.165, 1.54) is 19.4 Å². The molecule has 194 valence electrons. The molecule has 0 heterocycles. The average molecular weight is 553 g/mol. The number of carbonyl (C=O) groups excluding carboxylic acids is 4. The molecule has 8 atom stereocenters. The molecule has 4 aliphatic rings. The van der Waals surface area contributed by atoms with E-state index in [1.807, 2.05) is 0 Å². The molecule has 0 aromatic heterocycles. The van der Waals surface area contributed by atoms with E-state index >= 15 is 0 Å². The molecule has 3 fully saturated rings. The molecule has 35 heavy (non-hydrogen) atoms. The van der Waals surface area contributed by atoms with Crippen molar-refractivity contribution in [2.24, 2.45) is 34.5 Å². The summed E-state index contributed by atoms with van der Waals surface area (Å²) in [7, 11) is 0. The molecule has 8 heteroatoms. The van der Waals surface area contributed by atoms with E-state index in [2.05, 4.69) is 35.9 Å². The normalized spacial score (nSPS) is 39.9. The Bertz CT molecular complexity index is 928. The lowest BCUT2D eigenvalue weighted by Gasteiger charge is -2.61. The van der Waals surface area contributed by atoms with Gasteiger partial charge in [-0.15, -0.1) is 0 Å². The van der Waals surface area contributed by atoms with Gasteiger partial charge >= 0.3 is 17.9 Å². The molecule has 0 bridgehead atoms. The number of allylic oxidation sites excluding steroid dienone is 1. The molecule has 7 nitrogen and oxygen atoms in total. The van der Waals surface area contributed by atoms with Crippen LogP contribution in [0.15, 0.2) is 11.6 Å². The predicted octanol–water partition coefficient (Wildman–Crippen LogP) is 4.55. The van der Waals surface area contributed by atoms with E-state index in [1.54, 1.807) is 0 Å². The Morgan fingerprint density at radius 2 is 1.74 bits per heavy atom. The van der Waals surface area contributed by atoms with Gasteiger partial charge in [-0.2, -0.15) is 0 Å². The summed E-state index contributed by atoms with van der Waals surface area (Å²) in [5.74, 6) is -0.401. The standard InChI is InChI=1S/C27H37BrO7/c1-15(29)34-18-9-10-26(3)17(11-18)5-6-19-20-7-8-21(23(31)14-33-25(32)13-28)27(20,4)24(12-22(19)26)35-16(2)30/h7,17-19,21-22,24H,5-6,8-14H2,1-4H3/t17?,18?,19-,21+,22-,24?,26-,27-/m0/s1. The highest BCUT2D eigenvalue weighted by atomic mass is 79.9. The van der Waals surface area contributed by atoms with Gasteiger partial charge in [-0.3, -0.25) is 19.2 Å². The molecule has 0 spiro atoms. The van der Waals surface area contributed by atoms with Gasteiger partial charge in [0, 0.05) is 25.2 Å². The van der Waals surface area contributed by atoms with Crippen molar-refractivity contribution >= 4 is 39.6 Å². The van der Waals surface area contributed by atoms with Gasteiger partial charge in [0.2, 0.25) is 0 Å². The third-order valence-electron chi connectivity index (χ3n) is 9.61. The van der Waals surface area contributed by atoms with E-state index < -0.39 is 17.5 Å². The number of ketones is 1. The van der Waals surface area contributed by atoms with E-state index in [-0.39, 0.29) is 47.1 Å². The Balaban J connectivity index is 1.60. The Hall–Kier alpha value is -1.70. The molecule has 4 aliphatic carbocycles. The summed E-state index contributed by atoms with van der Waals surface area (Å²) in [6.07, 6.45) is 7.86. The number of hydrogen-bond donors (Lipinski definition) is 0. The second-order valence-electron chi connectivity index (χ2n) is 11.3. The summed E-state index contributed by atoms with van der Waals surface area (Å²) < 4.78 is 16.7. The van der Waals surface area contributed by atoms with E-state index in [9.17, 15) is 19.2 Å². The van der Waals surface area contributed by atoms with Crippen LogP contribution in [0.2, 0.25) is 0 Å². The monoisotopic (exact) mass is 552 g/mol. The molecule has 0 radical (unpaired) electrons. The Kier molecular flexibility index (Phi) is 7.52. The topological polar surface area (TPSA) is 96.0 Å². The molecule has 0 amide bonds. The van der Waals surface area contributed by atoms with Gasteiger partial charge in [-0.25, -0.2) is 0 Å². The maximum absolute atomic E-state index is 13.2. The smallest absolute Gasteiger partial charge is 0.316 e. The number of hydrogen-bond acceptors (Lipinski definition) is 7. The van der Waals surface area contributed by atoms with Crippen molar-refractivity contribution < 1.29 is 33.4 Å². The van der Waals surface area contributed by atoms with Gasteiger partial charge in [0.1, 0.15) is 24.1 Å². The minimum absolute atomic E-state index is 0.0184. The van der Waals surface area contributed by atoms with Crippen LogP contribution in [0, 0.1) is 34.5 Å². The summed E-state index contributed by atoms with van der Waals surface area (Å²) in [6.45, 7) is 7.07. The third-order valence-corrected chi connectivity index (χ3v) is 10.1. The molecular weight excluding hydrogens is 516 g/mol. The van der Waals surface area contributed by atoms with Crippen molar-refractivity contribution in [1.29, 1.82) is 0 Å². The highest BCUT2D eigenvalue weighted by Crippen LogP contribution is 2.66. The highest BCUT2D eigenvalue weighted by molar-refractivity contribution is 9.09. The minimum atomic E-state index is -0.594. The summed E-state index contributed by atoms with van der Waals surface area (Å²) >= 11 is 3.06. The summed E-state index contributed by atoms with van der Waals surface area (Å²) in [5.41, 5.74) is 0.711. The number of halogens is 1. The minimum Gasteiger partial charge on any atom is -0.463 e. The van der Waals surface area contributed by atoms with Gasteiger partial charge in [-0.05, 0) is 68.1 Å². The largest absolute Gasteiger partial charge is 0.463 e. The number of alkyl halides is 1. The van der Waals surface area contributed by atoms with Crippen molar-refractivity contribution in [3.63, 3.8) is 0 Å². The Morgan fingerprint density at radius 3 is 2.40 bits per heavy atom. The second kappa shape index (κ2) is 9.98. The molecule has 0 aromatic carbocycles. The van der Waals surface area contributed by atoms with Crippen molar-refractivity contribution in [3.8, 4) is 0 Å². The molecule has 0 aliphatic heterocycles. The molecule has 0 N–H and O–H groups in total. The maximum Gasteiger partial charge on any atom is 0.316 e. The lowest BCUT2D eigenvalue weighted by Crippen LogP contribution is -2.57. The van der Waals surface area contributed by atoms with Crippen molar-refractivity contribution in [2.75, 3.05) is 11.9 Å². The van der Waals surface area contributed by atoms with Gasteiger partial charge in [0.25, 0.3) is 0 Å². The first-order valence-electron chi connectivity index (χ1n) is 12.8. The fourth-order valence-corrected chi connectivity index (χ4v) is 8.14. The first-order valence-corrected chi connectivity index (χ1v) is 13.9. The number of carbonyl (C=O) groups is 4. The van der Waals surface area contributed by atoms with Crippen LogP contribution in [0.3, 0.4) is 0 Å². The molecular formula is C27H37BrO7. The fourth-order valence-electron chi connectivity index (χ4n) is 7.98. The summed E-state index contributed by atoms with van der Waals surface area (Å²) in [6, 6.07) is 0. The molecule has 3 saturated carbocycles. The first kappa shape index (κ1) is 26.4. The number of esters is 3. The average Bonchev–Trinajstić information content (AvgIpc) is 3.16. The van der Waals surface area contributed by atoms with Crippen LogP contribution in [0.1, 0.15) is 72.6 Å². The lowest BCUT2D eigenvalue weighted by atomic mass is 9.45. The zero-order valence-electron chi connectivity index (χ0n) is 21.1. The first-order chi connectivity index (χ1) is 16.5. The van der Waals surface area contributed by atoms with Crippen LogP contribution >= 0.6 is 15.9 Å². The summed E-state index contributed by atoms with van der Waals surface area (Å²) in [5, 5.41) is 0.0452. The van der Waals surface area contributed by atoms with Gasteiger partial charge in [0.15, 0.2) is 5.78 Å². The third kappa shape index (κ3) is 4.72. The molecule has 0 saturated heterocycles. The SMILES string of the molecule is CC(=O)OC1CC[C@@]2(C)C(CC[C@H]3C4=CC[C@H](C(=O)COC(=O)CBr)[C@@]4(C)C(OC(C)=O)C[C@@H]32)C1. The fraction of sp³-hybridized carbons (Fsp3) is 0.778. The molecule has 3 unspecified atom stereocenters. The van der Waals surface area contributed by atoms with Crippen LogP contribution in [0.5, 0.6) is 0 Å². The quantitative estimate of drug-likeness (QED) is 0.206. The number of fused-ring (bicyclic) bond motifs is 5.